The van der Waals surface area contributed by atoms with Gasteiger partial charge in [-0.2, -0.15) is 0 Å². The van der Waals surface area contributed by atoms with Crippen LogP contribution < -0.4 is 5.32 Å². The van der Waals surface area contributed by atoms with E-state index in [0.717, 1.165) is 63.0 Å². The first-order valence-electron chi connectivity index (χ1n) is 18.2. The predicted octanol–water partition coefficient (Wildman–Crippen LogP) is 7.30. The molecule has 3 amide bonds. The SMILES string of the molecule is CC.CC1CN(C(C)(C)C)C[C@H]1C(=O)N1CCCC1.CCCC(=O)NC1CCC(C)CC1.Clc1ccccc1.O=CN1CCOCC1. The Bertz CT molecular complexity index is 970. The molecule has 0 radical (unpaired) electrons. The highest BCUT2D eigenvalue weighted by Gasteiger charge is 2.40. The maximum Gasteiger partial charge on any atom is 0.227 e. The molecule has 0 aromatic heterocycles. The third kappa shape index (κ3) is 17.7. The van der Waals surface area contributed by atoms with Crippen LogP contribution in [0.4, 0.5) is 0 Å². The van der Waals surface area contributed by atoms with Crippen molar-refractivity contribution in [2.75, 3.05) is 52.5 Å². The van der Waals surface area contributed by atoms with Gasteiger partial charge in [-0.3, -0.25) is 19.3 Å². The molecule has 3 heterocycles. The summed E-state index contributed by atoms with van der Waals surface area (Å²) in [7, 11) is 0. The summed E-state index contributed by atoms with van der Waals surface area (Å²) in [5.74, 6) is 2.23. The number of carbonyl (C=O) groups is 3. The fraction of sp³-hybridized carbons (Fsp3) is 0.763. The van der Waals surface area contributed by atoms with E-state index in [9.17, 15) is 14.4 Å². The van der Waals surface area contributed by atoms with Crippen molar-refractivity contribution in [1.82, 2.24) is 20.0 Å². The molecule has 2 atom stereocenters. The van der Waals surface area contributed by atoms with Crippen LogP contribution in [0.2, 0.25) is 5.02 Å². The van der Waals surface area contributed by atoms with Crippen LogP contribution in [0, 0.1) is 17.8 Å². The number of benzene rings is 1. The number of rotatable bonds is 5. The second-order valence-corrected chi connectivity index (χ2v) is 14.5. The fourth-order valence-electron chi connectivity index (χ4n) is 6.04. The number of morpholine rings is 1. The predicted molar refractivity (Wildman–Crippen MR) is 196 cm³/mol. The second kappa shape index (κ2) is 24.0. The van der Waals surface area contributed by atoms with Crippen LogP contribution in [0.25, 0.3) is 0 Å². The van der Waals surface area contributed by atoms with E-state index >= 15 is 0 Å². The lowest BCUT2D eigenvalue weighted by Gasteiger charge is -2.32. The van der Waals surface area contributed by atoms with E-state index in [1.807, 2.05) is 51.1 Å². The van der Waals surface area contributed by atoms with Crippen LogP contribution >= 0.6 is 11.6 Å². The minimum atomic E-state index is 0.189. The number of nitrogens with zero attached hydrogens (tertiary/aromatic N) is 3. The number of ether oxygens (including phenoxy) is 1. The number of carbonyl (C=O) groups excluding carboxylic acids is 3. The molecular formula is C38H67ClN4O4. The maximum absolute atomic E-state index is 12.4. The van der Waals surface area contributed by atoms with Crippen LogP contribution in [0.5, 0.6) is 0 Å². The van der Waals surface area contributed by atoms with Gasteiger partial charge in [-0.15, -0.1) is 0 Å². The monoisotopic (exact) mass is 678 g/mol. The number of hydrogen-bond acceptors (Lipinski definition) is 5. The van der Waals surface area contributed by atoms with Crippen molar-refractivity contribution in [1.29, 1.82) is 0 Å². The van der Waals surface area contributed by atoms with Gasteiger partial charge in [-0.05, 0) is 89.7 Å². The minimum Gasteiger partial charge on any atom is -0.378 e. The number of likely N-dealkylation sites (tertiary alicyclic amines) is 2. The largest absolute Gasteiger partial charge is 0.378 e. The zero-order valence-corrected chi connectivity index (χ0v) is 31.7. The minimum absolute atomic E-state index is 0.189. The van der Waals surface area contributed by atoms with Gasteiger partial charge in [-0.25, -0.2) is 0 Å². The van der Waals surface area contributed by atoms with Gasteiger partial charge in [0.05, 0.1) is 19.1 Å². The Kier molecular flexibility index (Phi) is 21.9. The Morgan fingerprint density at radius 3 is 1.94 bits per heavy atom. The van der Waals surface area contributed by atoms with Crippen LogP contribution in [-0.2, 0) is 19.1 Å². The zero-order chi connectivity index (χ0) is 35.2. The van der Waals surface area contributed by atoms with E-state index in [0.29, 0.717) is 37.5 Å². The summed E-state index contributed by atoms with van der Waals surface area (Å²) in [5, 5.41) is 3.90. The summed E-state index contributed by atoms with van der Waals surface area (Å²) in [4.78, 5) is 40.0. The lowest BCUT2D eigenvalue weighted by atomic mass is 9.87. The average Bonchev–Trinajstić information content (AvgIpc) is 3.75. The van der Waals surface area contributed by atoms with E-state index in [1.54, 1.807) is 4.90 Å². The highest BCUT2D eigenvalue weighted by molar-refractivity contribution is 6.30. The van der Waals surface area contributed by atoms with Crippen LogP contribution in [0.15, 0.2) is 30.3 Å². The summed E-state index contributed by atoms with van der Waals surface area (Å²) in [6.07, 6.45) is 9.79. The molecule has 1 saturated carbocycles. The third-order valence-electron chi connectivity index (χ3n) is 9.08. The molecule has 3 saturated heterocycles. The number of halogens is 1. The molecular weight excluding hydrogens is 612 g/mol. The van der Waals surface area contributed by atoms with Gasteiger partial charge >= 0.3 is 0 Å². The van der Waals surface area contributed by atoms with Crippen molar-refractivity contribution < 1.29 is 19.1 Å². The Balaban J connectivity index is 0.000000325. The molecule has 1 unspecified atom stereocenters. The van der Waals surface area contributed by atoms with E-state index in [4.69, 9.17) is 16.3 Å². The summed E-state index contributed by atoms with van der Waals surface area (Å²) in [5.41, 5.74) is 0.189. The Morgan fingerprint density at radius 1 is 0.936 bits per heavy atom. The quantitative estimate of drug-likeness (QED) is 0.331. The van der Waals surface area contributed by atoms with Gasteiger partial charge in [0.2, 0.25) is 18.2 Å². The van der Waals surface area contributed by atoms with E-state index in [-0.39, 0.29) is 17.4 Å². The smallest absolute Gasteiger partial charge is 0.227 e. The molecule has 9 heteroatoms. The van der Waals surface area contributed by atoms with E-state index in [1.165, 1.54) is 38.5 Å². The molecule has 1 aromatic rings. The normalized spacial score (nSPS) is 24.1. The van der Waals surface area contributed by atoms with Gasteiger partial charge in [0, 0.05) is 62.3 Å². The molecule has 0 bridgehead atoms. The number of hydrogen-bond donors (Lipinski definition) is 1. The van der Waals surface area contributed by atoms with Gasteiger partial charge in [0.15, 0.2) is 0 Å². The molecule has 47 heavy (non-hydrogen) atoms. The first-order valence-corrected chi connectivity index (χ1v) is 18.6. The van der Waals surface area contributed by atoms with Gasteiger partial charge < -0.3 is 19.9 Å². The Hall–Kier alpha value is -2.16. The van der Waals surface area contributed by atoms with Gasteiger partial charge in [0.1, 0.15) is 0 Å². The maximum atomic E-state index is 12.4. The molecule has 1 aliphatic carbocycles. The van der Waals surface area contributed by atoms with Crippen molar-refractivity contribution in [3.63, 3.8) is 0 Å². The van der Waals surface area contributed by atoms with E-state index in [2.05, 4.69) is 49.7 Å². The molecule has 4 aliphatic rings. The fourth-order valence-corrected chi connectivity index (χ4v) is 6.18. The topological polar surface area (TPSA) is 82.2 Å². The number of amides is 3. The third-order valence-corrected chi connectivity index (χ3v) is 9.33. The Morgan fingerprint density at radius 2 is 1.51 bits per heavy atom. The lowest BCUT2D eigenvalue weighted by Crippen LogP contribution is -2.41. The summed E-state index contributed by atoms with van der Waals surface area (Å²) in [6, 6.07) is 9.91. The molecule has 0 spiro atoms. The Labute approximate surface area is 292 Å². The van der Waals surface area contributed by atoms with Gasteiger partial charge in [-0.1, -0.05) is 64.4 Å². The first-order chi connectivity index (χ1) is 22.4. The lowest BCUT2D eigenvalue weighted by molar-refractivity contribution is -0.135. The highest BCUT2D eigenvalue weighted by Crippen LogP contribution is 2.31. The summed E-state index contributed by atoms with van der Waals surface area (Å²) in [6.45, 7) is 24.2. The average molecular weight is 679 g/mol. The van der Waals surface area contributed by atoms with Crippen molar-refractivity contribution in [3.8, 4) is 0 Å². The molecule has 1 N–H and O–H groups in total. The first kappa shape index (κ1) is 42.9. The molecule has 3 aliphatic heterocycles. The van der Waals surface area contributed by atoms with Gasteiger partial charge in [0.25, 0.3) is 0 Å². The number of nitrogens with one attached hydrogen (secondary N) is 1. The molecule has 4 fully saturated rings. The van der Waals surface area contributed by atoms with Crippen LogP contribution in [0.3, 0.4) is 0 Å². The standard InChI is InChI=1S/C14H26N2O.C11H21NO.C6H5Cl.C5H9NO2.C2H6/c1-11-9-16(14(2,3)4)10-12(11)13(17)15-7-5-6-8-15;1-3-4-11(13)12-10-7-5-9(2)6-8-10;7-6-4-2-1-3-5-6;7-5-6-1-3-8-4-2-6;1-2/h11-12H,5-10H2,1-4H3;9-10H,3-8H2,1-2H3,(H,12,13);1-5H;5H,1-4H2;1-2H3/t11?,12-;;;;/m1..../s1. The zero-order valence-electron chi connectivity index (χ0n) is 30.9. The molecule has 270 valence electrons. The van der Waals surface area contributed by atoms with E-state index < -0.39 is 0 Å². The summed E-state index contributed by atoms with van der Waals surface area (Å²) < 4.78 is 5.00. The summed E-state index contributed by atoms with van der Waals surface area (Å²) >= 11 is 5.54. The molecule has 8 nitrogen and oxygen atoms in total. The molecule has 1 aromatic carbocycles. The van der Waals surface area contributed by atoms with Crippen molar-refractivity contribution >= 4 is 29.8 Å². The second-order valence-electron chi connectivity index (χ2n) is 14.0. The van der Waals surface area contributed by atoms with Crippen LogP contribution in [0.1, 0.15) is 107 Å². The molecule has 5 rings (SSSR count). The van der Waals surface area contributed by atoms with Crippen molar-refractivity contribution in [2.24, 2.45) is 17.8 Å². The van der Waals surface area contributed by atoms with Crippen molar-refractivity contribution in [2.45, 2.75) is 118 Å². The van der Waals surface area contributed by atoms with Crippen LogP contribution in [-0.4, -0.2) is 97.0 Å². The highest BCUT2D eigenvalue weighted by atomic mass is 35.5. The van der Waals surface area contributed by atoms with Crippen molar-refractivity contribution in [3.05, 3.63) is 35.4 Å².